The van der Waals surface area contributed by atoms with Crippen molar-refractivity contribution < 1.29 is 8.78 Å². The molecule has 0 rings (SSSR count). The summed E-state index contributed by atoms with van der Waals surface area (Å²) in [6.45, 7) is 13.2. The van der Waals surface area contributed by atoms with E-state index in [1.54, 1.807) is 13.1 Å². The van der Waals surface area contributed by atoms with E-state index in [1.807, 2.05) is 47.0 Å². The largest absolute Gasteiger partial charge is 0.381 e. The van der Waals surface area contributed by atoms with E-state index in [-0.39, 0.29) is 5.57 Å². The predicted octanol–water partition coefficient (Wildman–Crippen LogP) is 6.13. The molecule has 0 aliphatic heterocycles. The first-order chi connectivity index (χ1) is 12.1. The van der Waals surface area contributed by atoms with E-state index in [9.17, 15) is 8.78 Å². The fourth-order valence-corrected chi connectivity index (χ4v) is 2.30. The van der Waals surface area contributed by atoms with Gasteiger partial charge < -0.3 is 4.90 Å². The summed E-state index contributed by atoms with van der Waals surface area (Å²) >= 11 is 0. The molecule has 2 nitrogen and oxygen atoms in total. The molecule has 144 valence electrons. The van der Waals surface area contributed by atoms with E-state index in [0.29, 0.717) is 0 Å². The van der Waals surface area contributed by atoms with Crippen LogP contribution in [0.15, 0.2) is 76.5 Å². The fourth-order valence-electron chi connectivity index (χ4n) is 2.30. The van der Waals surface area contributed by atoms with Gasteiger partial charge in [-0.15, -0.1) is 0 Å². The second kappa shape index (κ2) is 12.2. The van der Waals surface area contributed by atoms with Crippen molar-refractivity contribution in [2.24, 2.45) is 4.99 Å². The van der Waals surface area contributed by atoms with Gasteiger partial charge in [0.15, 0.2) is 0 Å². The van der Waals surface area contributed by atoms with Crippen molar-refractivity contribution in [2.45, 2.75) is 40.0 Å². The summed E-state index contributed by atoms with van der Waals surface area (Å²) in [5.74, 6) is 0. The first kappa shape index (κ1) is 23.8. The van der Waals surface area contributed by atoms with Gasteiger partial charge in [0, 0.05) is 38.1 Å². The van der Waals surface area contributed by atoms with Gasteiger partial charge in [0.25, 0.3) is 6.43 Å². The van der Waals surface area contributed by atoms with Crippen LogP contribution in [0.2, 0.25) is 0 Å². The lowest BCUT2D eigenvalue weighted by Gasteiger charge is -2.21. The van der Waals surface area contributed by atoms with Gasteiger partial charge in [0.2, 0.25) is 0 Å². The molecule has 0 saturated carbocycles. The number of hydrogen-bond donors (Lipinski definition) is 0. The monoisotopic (exact) mass is 362 g/mol. The SMILES string of the molecule is C=C\C(=C/C=C(C)/C(C)=C(\CCC(/C=C\C(=C)C)=NC)N(C)C)C(F)F. The van der Waals surface area contributed by atoms with Gasteiger partial charge in [-0.05, 0) is 50.8 Å². The van der Waals surface area contributed by atoms with Crippen molar-refractivity contribution in [1.29, 1.82) is 0 Å². The number of hydrogen-bond acceptors (Lipinski definition) is 2. The van der Waals surface area contributed by atoms with Gasteiger partial charge in [-0.25, -0.2) is 8.78 Å². The molecule has 0 aliphatic carbocycles. The Morgan fingerprint density at radius 1 is 1.08 bits per heavy atom. The van der Waals surface area contributed by atoms with Crippen molar-refractivity contribution in [1.82, 2.24) is 4.90 Å². The van der Waals surface area contributed by atoms with Crippen LogP contribution >= 0.6 is 0 Å². The second-order valence-electron chi connectivity index (χ2n) is 6.38. The number of alkyl halides is 2. The quantitative estimate of drug-likeness (QED) is 0.337. The Kier molecular flexibility index (Phi) is 11.1. The van der Waals surface area contributed by atoms with Crippen molar-refractivity contribution >= 4 is 5.71 Å². The molecule has 0 aromatic heterocycles. The lowest BCUT2D eigenvalue weighted by molar-refractivity contribution is 0.194. The molecule has 0 heterocycles. The van der Waals surface area contributed by atoms with Crippen molar-refractivity contribution in [2.75, 3.05) is 21.1 Å². The Bertz CT molecular complexity index is 645. The number of halogens is 2. The summed E-state index contributed by atoms with van der Waals surface area (Å²) in [5, 5.41) is 0. The van der Waals surface area contributed by atoms with Gasteiger partial charge in [0.1, 0.15) is 0 Å². The molecule has 0 N–H and O–H groups in total. The molecule has 0 saturated heterocycles. The standard InChI is InChI=1S/C22H32F2N2/c1-9-19(22(23)24)12-11-17(4)18(5)21(26(7)8)15-14-20(25-6)13-10-16(2)3/h9-13,22H,1-2,14-15H2,3-8H3/b13-10-,17-11+,19-12+,21-18+,25-20?. The lowest BCUT2D eigenvalue weighted by Crippen LogP contribution is -2.14. The van der Waals surface area contributed by atoms with Crippen LogP contribution in [0.4, 0.5) is 8.78 Å². The Morgan fingerprint density at radius 2 is 1.69 bits per heavy atom. The van der Waals surface area contributed by atoms with E-state index < -0.39 is 6.43 Å². The molecule has 0 radical (unpaired) electrons. The lowest BCUT2D eigenvalue weighted by atomic mass is 10.0. The normalized spacial score (nSPS) is 14.7. The van der Waals surface area contributed by atoms with Crippen LogP contribution in [-0.4, -0.2) is 38.2 Å². The van der Waals surface area contributed by atoms with E-state index in [1.165, 1.54) is 12.2 Å². The smallest absolute Gasteiger partial charge is 0.263 e. The first-order valence-corrected chi connectivity index (χ1v) is 8.59. The molecule has 26 heavy (non-hydrogen) atoms. The van der Waals surface area contributed by atoms with Crippen LogP contribution in [0.1, 0.15) is 33.6 Å². The molecule has 0 aliphatic rings. The summed E-state index contributed by atoms with van der Waals surface area (Å²) in [6.07, 6.45) is 7.36. The highest BCUT2D eigenvalue weighted by Gasteiger charge is 2.09. The van der Waals surface area contributed by atoms with Crippen LogP contribution in [0.5, 0.6) is 0 Å². The molecule has 0 fully saturated rings. The maximum Gasteiger partial charge on any atom is 0.263 e. The van der Waals surface area contributed by atoms with Crippen LogP contribution < -0.4 is 0 Å². The van der Waals surface area contributed by atoms with Gasteiger partial charge in [-0.1, -0.05) is 43.0 Å². The summed E-state index contributed by atoms with van der Waals surface area (Å²) in [6, 6.07) is 0. The van der Waals surface area contributed by atoms with Crippen molar-refractivity contribution in [3.8, 4) is 0 Å². The van der Waals surface area contributed by atoms with E-state index in [0.717, 1.165) is 41.0 Å². The van der Waals surface area contributed by atoms with E-state index >= 15 is 0 Å². The highest BCUT2D eigenvalue weighted by atomic mass is 19.3. The molecule has 0 spiro atoms. The topological polar surface area (TPSA) is 15.6 Å². The molecular weight excluding hydrogens is 330 g/mol. The second-order valence-corrected chi connectivity index (χ2v) is 6.38. The fraction of sp³-hybridized carbons (Fsp3) is 0.409. The highest BCUT2D eigenvalue weighted by Crippen LogP contribution is 2.21. The summed E-state index contributed by atoms with van der Waals surface area (Å²) in [7, 11) is 5.76. The Balaban J connectivity index is 5.49. The zero-order valence-electron chi connectivity index (χ0n) is 16.9. The van der Waals surface area contributed by atoms with Gasteiger partial charge in [-0.3, -0.25) is 4.99 Å². The average molecular weight is 363 g/mol. The van der Waals surface area contributed by atoms with Crippen molar-refractivity contribution in [3.05, 3.63) is 71.5 Å². The summed E-state index contributed by atoms with van der Waals surface area (Å²) < 4.78 is 25.6. The predicted molar refractivity (Wildman–Crippen MR) is 111 cm³/mol. The Labute approximate surface area is 157 Å². The Hall–Kier alpha value is -2.23. The van der Waals surface area contributed by atoms with E-state index in [2.05, 4.69) is 23.1 Å². The summed E-state index contributed by atoms with van der Waals surface area (Å²) in [4.78, 5) is 6.38. The van der Waals surface area contributed by atoms with Crippen LogP contribution in [0, 0.1) is 0 Å². The minimum atomic E-state index is -2.52. The molecule has 0 atom stereocenters. The zero-order chi connectivity index (χ0) is 20.3. The van der Waals surface area contributed by atoms with Crippen LogP contribution in [0.25, 0.3) is 0 Å². The van der Waals surface area contributed by atoms with Gasteiger partial charge in [-0.2, -0.15) is 0 Å². The number of rotatable bonds is 10. The van der Waals surface area contributed by atoms with Gasteiger partial charge in [0.05, 0.1) is 0 Å². The molecule has 0 amide bonds. The highest BCUT2D eigenvalue weighted by molar-refractivity contribution is 5.95. The van der Waals surface area contributed by atoms with Crippen LogP contribution in [0.3, 0.4) is 0 Å². The van der Waals surface area contributed by atoms with Crippen molar-refractivity contribution in [3.63, 3.8) is 0 Å². The van der Waals surface area contributed by atoms with Crippen LogP contribution in [-0.2, 0) is 0 Å². The number of nitrogens with zero attached hydrogens (tertiary/aromatic N) is 2. The van der Waals surface area contributed by atoms with Gasteiger partial charge >= 0.3 is 0 Å². The average Bonchev–Trinajstić information content (AvgIpc) is 2.56. The Morgan fingerprint density at radius 3 is 2.12 bits per heavy atom. The molecule has 0 aromatic rings. The third-order valence-corrected chi connectivity index (χ3v) is 4.04. The minimum Gasteiger partial charge on any atom is -0.381 e. The first-order valence-electron chi connectivity index (χ1n) is 8.59. The third-order valence-electron chi connectivity index (χ3n) is 4.04. The maximum atomic E-state index is 12.8. The molecule has 0 aromatic carbocycles. The molecule has 0 unspecified atom stereocenters. The zero-order valence-corrected chi connectivity index (χ0v) is 16.9. The molecule has 4 heteroatoms. The number of aliphatic imine (C=N–C) groups is 1. The number of allylic oxidation sites excluding steroid dienone is 10. The third kappa shape index (κ3) is 8.75. The molecule has 0 bridgehead atoms. The molecular formula is C22H32F2N2. The summed E-state index contributed by atoms with van der Waals surface area (Å²) in [5.41, 5.74) is 5.06. The minimum absolute atomic E-state index is 0.0751. The van der Waals surface area contributed by atoms with E-state index in [4.69, 9.17) is 0 Å². The maximum absolute atomic E-state index is 12.8.